The highest BCUT2D eigenvalue weighted by Gasteiger charge is 2.34. The largest absolute Gasteiger partial charge is 0.481 e. The van der Waals surface area contributed by atoms with Gasteiger partial charge in [-0.3, -0.25) is 14.5 Å². The van der Waals surface area contributed by atoms with E-state index in [1.54, 1.807) is 0 Å². The summed E-state index contributed by atoms with van der Waals surface area (Å²) in [4.78, 5) is 27.7. The molecule has 0 aliphatic carbocycles. The molecule has 1 aromatic rings. The quantitative estimate of drug-likeness (QED) is 0.807. The first kappa shape index (κ1) is 15.9. The topological polar surface area (TPSA) is 109 Å². The lowest BCUT2D eigenvalue weighted by molar-refractivity contribution is -0.142. The van der Waals surface area contributed by atoms with E-state index in [0.29, 0.717) is 38.9 Å². The van der Waals surface area contributed by atoms with Crippen molar-refractivity contribution < 1.29 is 24.1 Å². The molecule has 0 saturated carbocycles. The summed E-state index contributed by atoms with van der Waals surface area (Å²) in [6.45, 7) is 3.12. The molecule has 0 bridgehead atoms. The van der Waals surface area contributed by atoms with Crippen LogP contribution in [0.15, 0.2) is 10.8 Å². The molecule has 2 fully saturated rings. The van der Waals surface area contributed by atoms with E-state index in [1.807, 2.05) is 0 Å². The number of carbonyl (C=O) groups is 2. The molecule has 0 aromatic carbocycles. The fraction of sp³-hybridized carbons (Fsp3) is 0.714. The third kappa shape index (κ3) is 3.67. The second kappa shape index (κ2) is 7.05. The van der Waals surface area contributed by atoms with Crippen LogP contribution in [-0.4, -0.2) is 82.5 Å². The van der Waals surface area contributed by atoms with Crippen LogP contribution in [0.3, 0.4) is 0 Å². The summed E-state index contributed by atoms with van der Waals surface area (Å²) in [6.07, 6.45) is 3.04. The highest BCUT2D eigenvalue weighted by atomic mass is 16.6. The van der Waals surface area contributed by atoms with Gasteiger partial charge in [-0.25, -0.2) is 4.63 Å². The summed E-state index contributed by atoms with van der Waals surface area (Å²) >= 11 is 0. The van der Waals surface area contributed by atoms with Crippen molar-refractivity contribution >= 4 is 11.9 Å². The molecule has 1 N–H and O–H groups in total. The van der Waals surface area contributed by atoms with Gasteiger partial charge < -0.3 is 14.7 Å². The summed E-state index contributed by atoms with van der Waals surface area (Å²) in [7, 11) is 0. The van der Waals surface area contributed by atoms with Gasteiger partial charge in [0.15, 0.2) is 5.69 Å². The average Bonchev–Trinajstić information content (AvgIpc) is 3.00. The van der Waals surface area contributed by atoms with Gasteiger partial charge in [0.25, 0.3) is 5.91 Å². The Balaban J connectivity index is 1.72. The van der Waals surface area contributed by atoms with Gasteiger partial charge in [0.2, 0.25) is 0 Å². The van der Waals surface area contributed by atoms with Gasteiger partial charge in [-0.1, -0.05) is 5.16 Å². The van der Waals surface area contributed by atoms with Crippen LogP contribution in [0.5, 0.6) is 0 Å². The molecule has 1 unspecified atom stereocenters. The minimum atomic E-state index is -0.889. The molecule has 0 radical (unpaired) electrons. The Kier molecular flexibility index (Phi) is 4.87. The van der Waals surface area contributed by atoms with E-state index in [-0.39, 0.29) is 18.1 Å². The van der Waals surface area contributed by atoms with Crippen molar-refractivity contribution in [1.82, 2.24) is 20.1 Å². The Hall–Kier alpha value is -2.00. The van der Waals surface area contributed by atoms with E-state index in [9.17, 15) is 14.7 Å². The molecule has 1 aromatic heterocycles. The van der Waals surface area contributed by atoms with Crippen LogP contribution in [-0.2, 0) is 9.53 Å². The van der Waals surface area contributed by atoms with E-state index in [4.69, 9.17) is 4.74 Å². The van der Waals surface area contributed by atoms with Gasteiger partial charge in [0.1, 0.15) is 6.20 Å². The summed E-state index contributed by atoms with van der Waals surface area (Å²) in [5, 5.41) is 16.4. The zero-order valence-electron chi connectivity index (χ0n) is 12.8. The third-order valence-corrected chi connectivity index (χ3v) is 4.48. The number of ether oxygens (including phenoxy) is 1. The van der Waals surface area contributed by atoms with Crippen LogP contribution in [0.4, 0.5) is 0 Å². The highest BCUT2D eigenvalue weighted by molar-refractivity contribution is 5.92. The monoisotopic (exact) mass is 324 g/mol. The Morgan fingerprint density at radius 2 is 2.00 bits per heavy atom. The Bertz CT molecular complexity index is 543. The highest BCUT2D eigenvalue weighted by Crippen LogP contribution is 2.20. The van der Waals surface area contributed by atoms with Crippen LogP contribution in [0.2, 0.25) is 0 Å². The van der Waals surface area contributed by atoms with Crippen LogP contribution in [0.25, 0.3) is 0 Å². The van der Waals surface area contributed by atoms with Gasteiger partial charge in [-0.05, 0) is 18.0 Å². The molecule has 3 heterocycles. The normalized spacial score (nSPS) is 24.3. The minimum absolute atomic E-state index is 0.105. The summed E-state index contributed by atoms with van der Waals surface area (Å²) in [6, 6.07) is 0.314. The summed E-state index contributed by atoms with van der Waals surface area (Å²) < 4.78 is 9.83. The van der Waals surface area contributed by atoms with E-state index in [0.717, 1.165) is 12.8 Å². The lowest BCUT2D eigenvalue weighted by Crippen LogP contribution is -2.43. The molecule has 2 aliphatic heterocycles. The molecule has 9 nitrogen and oxygen atoms in total. The number of aromatic nitrogens is 2. The molecule has 0 spiro atoms. The molecule has 1 atom stereocenters. The number of amides is 1. The number of carbonyl (C=O) groups excluding carboxylic acids is 1. The van der Waals surface area contributed by atoms with E-state index in [2.05, 4.69) is 19.8 Å². The second-order valence-electron chi connectivity index (χ2n) is 5.92. The minimum Gasteiger partial charge on any atom is -0.481 e. The lowest BCUT2D eigenvalue weighted by atomic mass is 10.0. The zero-order valence-corrected chi connectivity index (χ0v) is 12.8. The van der Waals surface area contributed by atoms with Gasteiger partial charge in [0, 0.05) is 45.4 Å². The molecule has 126 valence electrons. The van der Waals surface area contributed by atoms with Crippen LogP contribution >= 0.6 is 0 Å². The molecule has 9 heteroatoms. The first-order chi connectivity index (χ1) is 11.1. The molecule has 23 heavy (non-hydrogen) atoms. The predicted octanol–water partition coefficient (Wildman–Crippen LogP) is -0.293. The van der Waals surface area contributed by atoms with Crippen molar-refractivity contribution in [3.63, 3.8) is 0 Å². The molecule has 2 aliphatic rings. The van der Waals surface area contributed by atoms with E-state index >= 15 is 0 Å². The van der Waals surface area contributed by atoms with Gasteiger partial charge >= 0.3 is 5.97 Å². The number of aliphatic carboxylic acids is 1. The first-order valence-corrected chi connectivity index (χ1v) is 7.76. The van der Waals surface area contributed by atoms with E-state index < -0.39 is 11.9 Å². The maximum atomic E-state index is 12.4. The fourth-order valence-corrected chi connectivity index (χ4v) is 3.18. The third-order valence-electron chi connectivity index (χ3n) is 4.48. The Morgan fingerprint density at radius 1 is 1.22 bits per heavy atom. The molecule has 1 amide bonds. The number of hydrogen-bond donors (Lipinski definition) is 1. The smallest absolute Gasteiger partial charge is 0.309 e. The SMILES string of the molecule is O=C(O)C1CN(C(=O)c2cnon2)CCN(C2CCOCC2)C1. The average molecular weight is 324 g/mol. The maximum Gasteiger partial charge on any atom is 0.309 e. The number of hydrogen-bond acceptors (Lipinski definition) is 7. The fourth-order valence-electron chi connectivity index (χ4n) is 3.18. The van der Waals surface area contributed by atoms with Gasteiger partial charge in [-0.2, -0.15) is 0 Å². The zero-order chi connectivity index (χ0) is 16.2. The second-order valence-corrected chi connectivity index (χ2v) is 5.92. The number of rotatable bonds is 3. The summed E-state index contributed by atoms with van der Waals surface area (Å²) in [5.74, 6) is -1.85. The van der Waals surface area contributed by atoms with Crippen molar-refractivity contribution in [2.24, 2.45) is 5.92 Å². The van der Waals surface area contributed by atoms with Crippen molar-refractivity contribution in [2.75, 3.05) is 39.4 Å². The molecular formula is C14H20N4O5. The maximum absolute atomic E-state index is 12.4. The number of nitrogens with zero attached hydrogens (tertiary/aromatic N) is 4. The Labute approximate surface area is 133 Å². The number of carboxylic acids is 1. The predicted molar refractivity (Wildman–Crippen MR) is 76.7 cm³/mol. The first-order valence-electron chi connectivity index (χ1n) is 7.76. The molecular weight excluding hydrogens is 304 g/mol. The standard InChI is InChI=1S/C14H20N4O5/c19-13(12-7-15-23-16-12)18-4-3-17(8-10(9-18)14(20)21)11-1-5-22-6-2-11/h7,10-11H,1-6,8-9H2,(H,20,21). The van der Waals surface area contributed by atoms with Crippen molar-refractivity contribution in [3.8, 4) is 0 Å². The van der Waals surface area contributed by atoms with Crippen molar-refractivity contribution in [2.45, 2.75) is 18.9 Å². The van der Waals surface area contributed by atoms with Gasteiger partial charge in [0.05, 0.1) is 5.92 Å². The molecule has 2 saturated heterocycles. The van der Waals surface area contributed by atoms with Crippen LogP contribution in [0, 0.1) is 5.92 Å². The van der Waals surface area contributed by atoms with Crippen LogP contribution in [0.1, 0.15) is 23.3 Å². The van der Waals surface area contributed by atoms with Crippen LogP contribution < -0.4 is 0 Å². The Morgan fingerprint density at radius 3 is 2.65 bits per heavy atom. The van der Waals surface area contributed by atoms with E-state index in [1.165, 1.54) is 11.1 Å². The van der Waals surface area contributed by atoms with Crippen molar-refractivity contribution in [3.05, 3.63) is 11.9 Å². The summed E-state index contributed by atoms with van der Waals surface area (Å²) in [5.41, 5.74) is 0.105. The number of carboxylic acid groups (broad SMARTS) is 1. The van der Waals surface area contributed by atoms with Crippen molar-refractivity contribution in [1.29, 1.82) is 0 Å². The molecule has 3 rings (SSSR count). The lowest BCUT2D eigenvalue weighted by Gasteiger charge is -2.34. The van der Waals surface area contributed by atoms with Gasteiger partial charge in [-0.15, -0.1) is 0 Å².